The Morgan fingerprint density at radius 2 is 1.92 bits per heavy atom. The minimum Gasteiger partial charge on any atom is -0.453 e. The molecule has 1 radical (unpaired) electrons. The molecule has 12 heavy (non-hydrogen) atoms. The minimum absolute atomic E-state index is 0.00678. The number of hydrogen-bond acceptors (Lipinski definition) is 2. The molecule has 2 nitrogen and oxygen atoms in total. The van der Waals surface area contributed by atoms with E-state index in [0.717, 1.165) is 6.42 Å². The van der Waals surface area contributed by atoms with Gasteiger partial charge >= 0.3 is 6.47 Å². The summed E-state index contributed by atoms with van der Waals surface area (Å²) in [5, 5.41) is 0. The zero-order valence-corrected chi connectivity index (χ0v) is 8.68. The Morgan fingerprint density at radius 3 is 2.17 bits per heavy atom. The maximum absolute atomic E-state index is 10.1. The van der Waals surface area contributed by atoms with Gasteiger partial charge < -0.3 is 4.74 Å². The summed E-state index contributed by atoms with van der Waals surface area (Å²) < 4.78 is 4.95. The van der Waals surface area contributed by atoms with Gasteiger partial charge in [0.05, 0.1) is 0 Å². The highest BCUT2D eigenvalue weighted by Gasteiger charge is 2.30. The quantitative estimate of drug-likeness (QED) is 0.649. The standard InChI is InChI=1S/C10H19O2/c1-6-8(2)9(12-7-11)10(3,4)5/h8-9H,6H2,1-5H3. The van der Waals surface area contributed by atoms with E-state index in [4.69, 9.17) is 4.74 Å². The third kappa shape index (κ3) is 3.24. The first-order chi connectivity index (χ1) is 5.43. The van der Waals surface area contributed by atoms with E-state index < -0.39 is 0 Å². The van der Waals surface area contributed by atoms with Gasteiger partial charge in [-0.15, -0.1) is 0 Å². The predicted octanol–water partition coefficient (Wildman–Crippen LogP) is 2.53. The molecular formula is C10H19O2. The van der Waals surface area contributed by atoms with Crippen LogP contribution in [0.15, 0.2) is 0 Å². The van der Waals surface area contributed by atoms with Crippen LogP contribution in [-0.4, -0.2) is 12.6 Å². The van der Waals surface area contributed by atoms with Crippen LogP contribution >= 0.6 is 0 Å². The molecule has 0 fully saturated rings. The molecule has 0 aromatic carbocycles. The highest BCUT2D eigenvalue weighted by atomic mass is 16.5. The van der Waals surface area contributed by atoms with Crippen LogP contribution in [0.2, 0.25) is 0 Å². The van der Waals surface area contributed by atoms with Gasteiger partial charge in [-0.25, -0.2) is 4.79 Å². The number of ether oxygens (including phenoxy) is 1. The Labute approximate surface area is 75.3 Å². The van der Waals surface area contributed by atoms with Gasteiger partial charge in [0, 0.05) is 0 Å². The normalized spacial score (nSPS) is 16.8. The van der Waals surface area contributed by atoms with Gasteiger partial charge in [-0.2, -0.15) is 0 Å². The molecule has 0 aromatic rings. The predicted molar refractivity (Wildman–Crippen MR) is 49.5 cm³/mol. The van der Waals surface area contributed by atoms with Crippen molar-refractivity contribution >= 4 is 6.47 Å². The van der Waals surface area contributed by atoms with Crippen molar-refractivity contribution in [3.63, 3.8) is 0 Å². The lowest BCUT2D eigenvalue weighted by molar-refractivity contribution is 0.0259. The Morgan fingerprint density at radius 1 is 1.42 bits per heavy atom. The zero-order valence-electron chi connectivity index (χ0n) is 8.68. The lowest BCUT2D eigenvalue weighted by Crippen LogP contribution is -2.34. The van der Waals surface area contributed by atoms with Crippen LogP contribution in [0.4, 0.5) is 0 Å². The number of hydrogen-bond donors (Lipinski definition) is 0. The van der Waals surface area contributed by atoms with E-state index in [0.29, 0.717) is 5.92 Å². The van der Waals surface area contributed by atoms with Gasteiger partial charge in [0.1, 0.15) is 6.10 Å². The van der Waals surface area contributed by atoms with E-state index >= 15 is 0 Å². The summed E-state index contributed by atoms with van der Waals surface area (Å²) in [6, 6.07) is 0. The first-order valence-corrected chi connectivity index (χ1v) is 4.46. The molecule has 0 heterocycles. The first kappa shape index (κ1) is 11.5. The van der Waals surface area contributed by atoms with Gasteiger partial charge in [0.15, 0.2) is 0 Å². The summed E-state index contributed by atoms with van der Waals surface area (Å²) in [5.74, 6) is 0.395. The molecule has 0 bridgehead atoms. The van der Waals surface area contributed by atoms with Crippen molar-refractivity contribution in [2.45, 2.75) is 47.1 Å². The van der Waals surface area contributed by atoms with Crippen LogP contribution in [0.3, 0.4) is 0 Å². The number of rotatable bonds is 4. The van der Waals surface area contributed by atoms with Crippen LogP contribution in [-0.2, 0) is 9.53 Å². The lowest BCUT2D eigenvalue weighted by Gasteiger charge is -2.32. The fourth-order valence-corrected chi connectivity index (χ4v) is 1.41. The van der Waals surface area contributed by atoms with E-state index in [9.17, 15) is 4.79 Å². The van der Waals surface area contributed by atoms with Crippen LogP contribution in [0.25, 0.3) is 0 Å². The molecule has 0 aromatic heterocycles. The van der Waals surface area contributed by atoms with E-state index in [1.54, 1.807) is 0 Å². The van der Waals surface area contributed by atoms with E-state index in [-0.39, 0.29) is 11.5 Å². The van der Waals surface area contributed by atoms with Crippen molar-refractivity contribution < 1.29 is 9.53 Å². The average molecular weight is 171 g/mol. The van der Waals surface area contributed by atoms with Crippen molar-refractivity contribution in [3.8, 4) is 0 Å². The van der Waals surface area contributed by atoms with E-state index in [2.05, 4.69) is 34.6 Å². The largest absolute Gasteiger partial charge is 0.453 e. The maximum Gasteiger partial charge on any atom is 0.417 e. The summed E-state index contributed by atoms with van der Waals surface area (Å²) >= 11 is 0. The van der Waals surface area contributed by atoms with Crippen LogP contribution in [0.5, 0.6) is 0 Å². The van der Waals surface area contributed by atoms with Crippen molar-refractivity contribution in [2.75, 3.05) is 0 Å². The zero-order chi connectivity index (χ0) is 9.78. The molecular weight excluding hydrogens is 152 g/mol. The Hall–Kier alpha value is -0.530. The van der Waals surface area contributed by atoms with Gasteiger partial charge in [-0.1, -0.05) is 41.0 Å². The van der Waals surface area contributed by atoms with E-state index in [1.807, 2.05) is 0 Å². The molecule has 0 aliphatic heterocycles. The summed E-state index contributed by atoms with van der Waals surface area (Å²) in [4.78, 5) is 10.1. The molecule has 0 aliphatic carbocycles. The van der Waals surface area contributed by atoms with Crippen molar-refractivity contribution in [1.29, 1.82) is 0 Å². The second-order valence-corrected chi connectivity index (χ2v) is 4.37. The summed E-state index contributed by atoms with van der Waals surface area (Å²) in [6.45, 7) is 11.9. The third-order valence-electron chi connectivity index (χ3n) is 2.19. The fraction of sp³-hybridized carbons (Fsp3) is 0.900. The molecule has 0 saturated carbocycles. The van der Waals surface area contributed by atoms with Gasteiger partial charge in [-0.05, 0) is 11.3 Å². The van der Waals surface area contributed by atoms with Gasteiger partial charge in [0.25, 0.3) is 0 Å². The average Bonchev–Trinajstić information content (AvgIpc) is 1.96. The van der Waals surface area contributed by atoms with Gasteiger partial charge in [-0.3, -0.25) is 0 Å². The molecule has 0 rings (SSSR count). The second-order valence-electron chi connectivity index (χ2n) is 4.37. The van der Waals surface area contributed by atoms with Crippen LogP contribution < -0.4 is 0 Å². The monoisotopic (exact) mass is 171 g/mol. The molecule has 71 valence electrons. The topological polar surface area (TPSA) is 26.3 Å². The molecule has 0 amide bonds. The first-order valence-electron chi connectivity index (χ1n) is 4.46. The second kappa shape index (κ2) is 4.48. The third-order valence-corrected chi connectivity index (χ3v) is 2.19. The maximum atomic E-state index is 10.1. The highest BCUT2D eigenvalue weighted by molar-refractivity contribution is 5.38. The van der Waals surface area contributed by atoms with Crippen molar-refractivity contribution in [2.24, 2.45) is 11.3 Å². The smallest absolute Gasteiger partial charge is 0.417 e. The van der Waals surface area contributed by atoms with Crippen molar-refractivity contribution in [3.05, 3.63) is 0 Å². The summed E-state index contributed by atoms with van der Waals surface area (Å²) in [5.41, 5.74) is 0.00678. The van der Waals surface area contributed by atoms with Crippen LogP contribution in [0, 0.1) is 11.3 Å². The highest BCUT2D eigenvalue weighted by Crippen LogP contribution is 2.29. The Bertz CT molecular complexity index is 135. The van der Waals surface area contributed by atoms with E-state index in [1.165, 1.54) is 6.47 Å². The fourth-order valence-electron chi connectivity index (χ4n) is 1.41. The summed E-state index contributed by atoms with van der Waals surface area (Å²) in [6.07, 6.45) is 0.990. The molecule has 0 spiro atoms. The minimum atomic E-state index is -0.0278. The van der Waals surface area contributed by atoms with Crippen LogP contribution in [0.1, 0.15) is 41.0 Å². The lowest BCUT2D eigenvalue weighted by atomic mass is 9.81. The Balaban J connectivity index is 4.31. The molecule has 0 N–H and O–H groups in total. The molecule has 2 atom stereocenters. The SMILES string of the molecule is CCC(C)C(O[C]=O)C(C)(C)C. The summed E-state index contributed by atoms with van der Waals surface area (Å²) in [7, 11) is 0. The molecule has 0 aliphatic rings. The van der Waals surface area contributed by atoms with Gasteiger partial charge in [0.2, 0.25) is 0 Å². The number of carbonyl (C=O) groups excluding carboxylic acids is 1. The molecule has 2 heteroatoms. The molecule has 0 saturated heterocycles. The Kier molecular flexibility index (Phi) is 4.29. The van der Waals surface area contributed by atoms with Crippen molar-refractivity contribution in [1.82, 2.24) is 0 Å². The molecule has 2 unspecified atom stereocenters.